The van der Waals surface area contributed by atoms with Gasteiger partial charge in [-0.25, -0.2) is 4.99 Å². The fraction of sp³-hybridized carbons (Fsp3) is 0.381. The van der Waals surface area contributed by atoms with E-state index in [4.69, 9.17) is 14.2 Å². The van der Waals surface area contributed by atoms with Gasteiger partial charge < -0.3 is 34.7 Å². The lowest BCUT2D eigenvalue weighted by Gasteiger charge is -2.16. The molecule has 1 heterocycles. The Morgan fingerprint density at radius 2 is 1.84 bits per heavy atom. The summed E-state index contributed by atoms with van der Waals surface area (Å²) in [5.74, 6) is 1.87. The molecule has 176 valence electrons. The number of hydrogen-bond donors (Lipinski definition) is 3. The van der Waals surface area contributed by atoms with Gasteiger partial charge in [0.25, 0.3) is 0 Å². The molecule has 1 atom stereocenters. The van der Waals surface area contributed by atoms with Gasteiger partial charge >= 0.3 is 6.61 Å². The lowest BCUT2D eigenvalue weighted by molar-refractivity contribution is -0.0505. The van der Waals surface area contributed by atoms with Crippen LogP contribution < -0.4 is 29.6 Å². The summed E-state index contributed by atoms with van der Waals surface area (Å²) in [6.45, 7) is -0.251. The molecule has 0 fully saturated rings. The first-order valence-electron chi connectivity index (χ1n) is 9.71. The molecular formula is C21H26F2IN3O5. The molecule has 1 aliphatic rings. The third kappa shape index (κ3) is 6.99. The van der Waals surface area contributed by atoms with E-state index in [0.717, 1.165) is 0 Å². The van der Waals surface area contributed by atoms with E-state index in [1.165, 1.54) is 6.07 Å². The second-order valence-electron chi connectivity index (χ2n) is 6.56. The number of aliphatic hydroxyl groups is 1. The Labute approximate surface area is 201 Å². The molecule has 3 N–H and O–H groups in total. The molecule has 1 aliphatic heterocycles. The second-order valence-corrected chi connectivity index (χ2v) is 6.56. The molecule has 0 amide bonds. The van der Waals surface area contributed by atoms with Gasteiger partial charge in [-0.1, -0.05) is 12.1 Å². The number of nitrogens with one attached hydrogen (secondary N) is 2. The molecule has 32 heavy (non-hydrogen) atoms. The van der Waals surface area contributed by atoms with E-state index in [1.807, 2.05) is 6.92 Å². The highest BCUT2D eigenvalue weighted by Gasteiger charge is 2.20. The fourth-order valence-electron chi connectivity index (χ4n) is 2.94. The van der Waals surface area contributed by atoms with Crippen molar-refractivity contribution in [3.8, 4) is 23.0 Å². The first-order chi connectivity index (χ1) is 15.0. The van der Waals surface area contributed by atoms with Crippen molar-refractivity contribution < 1.29 is 32.8 Å². The number of rotatable bonds is 9. The minimum Gasteiger partial charge on any atom is -0.497 e. The topological polar surface area (TPSA) is 93.6 Å². The second kappa shape index (κ2) is 12.5. The van der Waals surface area contributed by atoms with Crippen molar-refractivity contribution >= 4 is 29.9 Å². The van der Waals surface area contributed by atoms with Crippen molar-refractivity contribution in [1.82, 2.24) is 10.6 Å². The number of ether oxygens (including phenoxy) is 4. The zero-order chi connectivity index (χ0) is 22.2. The van der Waals surface area contributed by atoms with Crippen LogP contribution in [0.5, 0.6) is 23.0 Å². The van der Waals surface area contributed by atoms with Crippen LogP contribution >= 0.6 is 24.0 Å². The molecule has 2 aromatic carbocycles. The van der Waals surface area contributed by atoms with Crippen molar-refractivity contribution in [2.24, 2.45) is 4.99 Å². The average Bonchev–Trinajstić information content (AvgIpc) is 3.22. The van der Waals surface area contributed by atoms with E-state index < -0.39 is 12.7 Å². The monoisotopic (exact) mass is 565 g/mol. The van der Waals surface area contributed by atoms with Crippen LogP contribution in [0.4, 0.5) is 8.78 Å². The SMILES string of the molecule is CCNC(=NCc1cc2c(cc1OC(F)F)OCO2)NCC(O)c1ccc(OC)cc1.I. The molecule has 0 aromatic heterocycles. The summed E-state index contributed by atoms with van der Waals surface area (Å²) in [6, 6.07) is 10.0. The number of methoxy groups -OCH3 is 1. The first kappa shape index (κ1) is 25.7. The zero-order valence-corrected chi connectivity index (χ0v) is 20.0. The van der Waals surface area contributed by atoms with Crippen LogP contribution in [0.15, 0.2) is 41.4 Å². The number of alkyl halides is 2. The number of aliphatic hydroxyl groups excluding tert-OH is 1. The highest BCUT2D eigenvalue weighted by molar-refractivity contribution is 14.0. The fourth-order valence-corrected chi connectivity index (χ4v) is 2.94. The Morgan fingerprint density at radius 3 is 2.47 bits per heavy atom. The molecule has 0 saturated carbocycles. The van der Waals surface area contributed by atoms with E-state index in [2.05, 4.69) is 20.4 Å². The van der Waals surface area contributed by atoms with Gasteiger partial charge in [0.15, 0.2) is 17.5 Å². The van der Waals surface area contributed by atoms with E-state index >= 15 is 0 Å². The van der Waals surface area contributed by atoms with E-state index in [9.17, 15) is 13.9 Å². The van der Waals surface area contributed by atoms with Crippen LogP contribution in [-0.2, 0) is 6.54 Å². The van der Waals surface area contributed by atoms with Crippen molar-refractivity contribution in [2.45, 2.75) is 26.2 Å². The normalized spacial score (nSPS) is 13.4. The van der Waals surface area contributed by atoms with Crippen LogP contribution in [0.3, 0.4) is 0 Å². The van der Waals surface area contributed by atoms with Gasteiger partial charge in [-0.3, -0.25) is 0 Å². The zero-order valence-electron chi connectivity index (χ0n) is 17.6. The summed E-state index contributed by atoms with van der Waals surface area (Å²) in [6.07, 6.45) is -0.780. The quantitative estimate of drug-likeness (QED) is 0.244. The minimum absolute atomic E-state index is 0. The molecule has 8 nitrogen and oxygen atoms in total. The molecule has 0 aliphatic carbocycles. The molecule has 3 rings (SSSR count). The Balaban J connectivity index is 0.00000363. The summed E-state index contributed by atoms with van der Waals surface area (Å²) >= 11 is 0. The minimum atomic E-state index is -2.98. The summed E-state index contributed by atoms with van der Waals surface area (Å²) in [5.41, 5.74) is 1.13. The molecule has 0 saturated heterocycles. The standard InChI is InChI=1S/C21H25F2N3O5.HI/c1-3-24-21(26-11-16(27)13-4-6-15(28-2)7-5-13)25-10-14-8-18-19(30-12-29-18)9-17(14)31-20(22)23;/h4-9,16,20,27H,3,10-12H2,1-2H3,(H2,24,25,26);1H. The van der Waals surface area contributed by atoms with E-state index in [0.29, 0.717) is 40.9 Å². The van der Waals surface area contributed by atoms with Gasteiger partial charge in [-0.2, -0.15) is 8.78 Å². The van der Waals surface area contributed by atoms with Crippen molar-refractivity contribution in [3.05, 3.63) is 47.5 Å². The van der Waals surface area contributed by atoms with Crippen LogP contribution in [0.1, 0.15) is 24.2 Å². The molecule has 0 spiro atoms. The Hall–Kier alpha value is -2.54. The van der Waals surface area contributed by atoms with Crippen molar-refractivity contribution in [1.29, 1.82) is 0 Å². The van der Waals surface area contributed by atoms with Crippen LogP contribution in [0.25, 0.3) is 0 Å². The maximum Gasteiger partial charge on any atom is 0.387 e. The Morgan fingerprint density at radius 1 is 1.16 bits per heavy atom. The molecule has 1 unspecified atom stereocenters. The predicted octanol–water partition coefficient (Wildman–Crippen LogP) is 3.43. The van der Waals surface area contributed by atoms with Gasteiger partial charge in [-0.15, -0.1) is 24.0 Å². The van der Waals surface area contributed by atoms with Crippen molar-refractivity contribution in [3.63, 3.8) is 0 Å². The van der Waals surface area contributed by atoms with E-state index in [-0.39, 0.29) is 49.6 Å². The van der Waals surface area contributed by atoms with E-state index in [1.54, 1.807) is 37.4 Å². The Bertz CT molecular complexity index is 900. The predicted molar refractivity (Wildman–Crippen MR) is 125 cm³/mol. The van der Waals surface area contributed by atoms with Gasteiger partial charge in [0.2, 0.25) is 6.79 Å². The summed E-state index contributed by atoms with van der Waals surface area (Å²) < 4.78 is 45.9. The highest BCUT2D eigenvalue weighted by Crippen LogP contribution is 2.39. The highest BCUT2D eigenvalue weighted by atomic mass is 127. The number of nitrogens with zero attached hydrogens (tertiary/aromatic N) is 1. The number of guanidine groups is 1. The maximum absolute atomic E-state index is 12.8. The Kier molecular flexibility index (Phi) is 10.0. The number of aliphatic imine (C=N–C) groups is 1. The summed E-state index contributed by atoms with van der Waals surface area (Å²) in [7, 11) is 1.57. The number of benzene rings is 2. The number of fused-ring (bicyclic) bond motifs is 1. The molecule has 0 radical (unpaired) electrons. The van der Waals surface area contributed by atoms with Crippen LogP contribution in [-0.4, -0.2) is 44.7 Å². The largest absolute Gasteiger partial charge is 0.497 e. The first-order valence-corrected chi connectivity index (χ1v) is 9.71. The molecule has 11 heteroatoms. The van der Waals surface area contributed by atoms with Gasteiger partial charge in [0.1, 0.15) is 11.5 Å². The van der Waals surface area contributed by atoms with Crippen LogP contribution in [0, 0.1) is 0 Å². The third-order valence-electron chi connectivity index (χ3n) is 4.49. The molecular weight excluding hydrogens is 539 g/mol. The number of halogens is 3. The smallest absolute Gasteiger partial charge is 0.387 e. The lowest BCUT2D eigenvalue weighted by Crippen LogP contribution is -2.39. The van der Waals surface area contributed by atoms with Crippen LogP contribution in [0.2, 0.25) is 0 Å². The van der Waals surface area contributed by atoms with Gasteiger partial charge in [0.05, 0.1) is 19.8 Å². The average molecular weight is 565 g/mol. The summed E-state index contributed by atoms with van der Waals surface area (Å²) in [4.78, 5) is 4.41. The molecule has 2 aromatic rings. The maximum atomic E-state index is 12.8. The molecule has 0 bridgehead atoms. The van der Waals surface area contributed by atoms with Gasteiger partial charge in [0, 0.05) is 24.7 Å². The lowest BCUT2D eigenvalue weighted by atomic mass is 10.1. The number of hydrogen-bond acceptors (Lipinski definition) is 6. The van der Waals surface area contributed by atoms with Gasteiger partial charge in [-0.05, 0) is 30.7 Å². The summed E-state index contributed by atoms with van der Waals surface area (Å²) in [5, 5.41) is 16.5. The van der Waals surface area contributed by atoms with Crippen molar-refractivity contribution in [2.75, 3.05) is 27.0 Å². The third-order valence-corrected chi connectivity index (χ3v) is 4.49.